The second-order valence-corrected chi connectivity index (χ2v) is 4.95. The van der Waals surface area contributed by atoms with Crippen LogP contribution in [-0.2, 0) is 6.42 Å². The lowest BCUT2D eigenvalue weighted by Gasteiger charge is -2.04. The van der Waals surface area contributed by atoms with Crippen molar-refractivity contribution in [1.82, 2.24) is 10.1 Å². The van der Waals surface area contributed by atoms with Crippen molar-refractivity contribution in [1.29, 1.82) is 0 Å². The molecule has 0 amide bonds. The summed E-state index contributed by atoms with van der Waals surface area (Å²) in [5, 5.41) is 7.40. The average Bonchev–Trinajstić information content (AvgIpc) is 3.15. The van der Waals surface area contributed by atoms with E-state index in [1.807, 2.05) is 25.1 Å². The molecule has 0 aliphatic carbocycles. The van der Waals surface area contributed by atoms with E-state index in [4.69, 9.17) is 8.94 Å². The fraction of sp³-hybridized carbons (Fsp3) is 0.200. The van der Waals surface area contributed by atoms with Gasteiger partial charge < -0.3 is 14.3 Å². The van der Waals surface area contributed by atoms with Gasteiger partial charge in [0.2, 0.25) is 11.7 Å². The van der Waals surface area contributed by atoms with Crippen LogP contribution in [0.25, 0.3) is 11.6 Å². The van der Waals surface area contributed by atoms with E-state index in [1.54, 1.807) is 6.26 Å². The summed E-state index contributed by atoms with van der Waals surface area (Å²) in [6.07, 6.45) is 2.49. The standard InChI is InChI=1S/C15H13N3O2/c1-9-6-7-19-13(9)14-17-15(20-18-14)12-8-10-4-2-3-5-11(10)16-12/h2-7,12,16H,8H2,1H3/t12-/m0/s1. The molecule has 1 aliphatic rings. The number of anilines is 1. The van der Waals surface area contributed by atoms with E-state index < -0.39 is 0 Å². The first kappa shape index (κ1) is 11.3. The lowest BCUT2D eigenvalue weighted by atomic mass is 10.1. The van der Waals surface area contributed by atoms with Crippen molar-refractivity contribution in [3.05, 3.63) is 53.6 Å². The van der Waals surface area contributed by atoms with Crippen LogP contribution in [0.2, 0.25) is 0 Å². The monoisotopic (exact) mass is 267 g/mol. The highest BCUT2D eigenvalue weighted by molar-refractivity contribution is 5.57. The highest BCUT2D eigenvalue weighted by atomic mass is 16.5. The number of aromatic nitrogens is 2. The van der Waals surface area contributed by atoms with Gasteiger partial charge in [0.25, 0.3) is 0 Å². The second kappa shape index (κ2) is 4.23. The minimum atomic E-state index is 0.0314. The number of nitrogens with one attached hydrogen (secondary N) is 1. The highest BCUT2D eigenvalue weighted by Gasteiger charge is 2.27. The molecular weight excluding hydrogens is 254 g/mol. The van der Waals surface area contributed by atoms with Gasteiger partial charge in [-0.2, -0.15) is 4.98 Å². The molecule has 4 rings (SSSR count). The fourth-order valence-electron chi connectivity index (χ4n) is 2.52. The number of para-hydroxylation sites is 1. The molecule has 1 atom stereocenters. The quantitative estimate of drug-likeness (QED) is 0.771. The van der Waals surface area contributed by atoms with Gasteiger partial charge in [-0.3, -0.25) is 0 Å². The first-order chi connectivity index (χ1) is 9.81. The number of hydrogen-bond acceptors (Lipinski definition) is 5. The van der Waals surface area contributed by atoms with Crippen molar-refractivity contribution in [3.63, 3.8) is 0 Å². The largest absolute Gasteiger partial charge is 0.461 e. The van der Waals surface area contributed by atoms with E-state index in [-0.39, 0.29) is 6.04 Å². The Balaban J connectivity index is 1.63. The van der Waals surface area contributed by atoms with Crippen LogP contribution in [0.15, 0.2) is 45.5 Å². The average molecular weight is 267 g/mol. The molecule has 0 fully saturated rings. The van der Waals surface area contributed by atoms with E-state index in [1.165, 1.54) is 5.56 Å². The van der Waals surface area contributed by atoms with Crippen molar-refractivity contribution >= 4 is 5.69 Å². The Labute approximate surface area is 115 Å². The lowest BCUT2D eigenvalue weighted by Crippen LogP contribution is -2.05. The van der Waals surface area contributed by atoms with Gasteiger partial charge in [0, 0.05) is 12.1 Å². The molecule has 3 aromatic rings. The van der Waals surface area contributed by atoms with Gasteiger partial charge in [0.05, 0.1) is 6.26 Å². The first-order valence-electron chi connectivity index (χ1n) is 6.54. The molecule has 3 heterocycles. The van der Waals surface area contributed by atoms with Gasteiger partial charge in [-0.05, 0) is 30.2 Å². The van der Waals surface area contributed by atoms with Crippen LogP contribution >= 0.6 is 0 Å². The maximum atomic E-state index is 5.38. The minimum Gasteiger partial charge on any atom is -0.461 e. The lowest BCUT2D eigenvalue weighted by molar-refractivity contribution is 0.363. The minimum absolute atomic E-state index is 0.0314. The van der Waals surface area contributed by atoms with Crippen LogP contribution in [0.3, 0.4) is 0 Å². The van der Waals surface area contributed by atoms with E-state index in [2.05, 4.69) is 27.6 Å². The van der Waals surface area contributed by atoms with Crippen molar-refractivity contribution < 1.29 is 8.94 Å². The van der Waals surface area contributed by atoms with Crippen LogP contribution in [0, 0.1) is 6.92 Å². The van der Waals surface area contributed by atoms with Gasteiger partial charge >= 0.3 is 0 Å². The van der Waals surface area contributed by atoms with E-state index >= 15 is 0 Å². The summed E-state index contributed by atoms with van der Waals surface area (Å²) in [7, 11) is 0. The molecule has 0 spiro atoms. The summed E-state index contributed by atoms with van der Waals surface area (Å²) in [6, 6.07) is 10.1. The maximum absolute atomic E-state index is 5.38. The fourth-order valence-corrected chi connectivity index (χ4v) is 2.52. The number of rotatable bonds is 2. The van der Waals surface area contributed by atoms with Crippen LogP contribution in [0.1, 0.15) is 23.1 Å². The Hall–Kier alpha value is -2.56. The van der Waals surface area contributed by atoms with Crippen LogP contribution in [0.4, 0.5) is 5.69 Å². The number of benzene rings is 1. The molecule has 2 aromatic heterocycles. The van der Waals surface area contributed by atoms with Crippen molar-refractivity contribution in [2.75, 3.05) is 5.32 Å². The molecule has 0 saturated heterocycles. The number of furan rings is 1. The molecule has 1 N–H and O–H groups in total. The summed E-state index contributed by atoms with van der Waals surface area (Å²) in [5.41, 5.74) is 3.40. The van der Waals surface area contributed by atoms with Gasteiger partial charge in [0.15, 0.2) is 5.76 Å². The molecule has 1 aliphatic heterocycles. The third-order valence-electron chi connectivity index (χ3n) is 3.58. The van der Waals surface area contributed by atoms with E-state index in [0.29, 0.717) is 17.5 Å². The van der Waals surface area contributed by atoms with Crippen molar-refractivity contribution in [3.8, 4) is 11.6 Å². The summed E-state index contributed by atoms with van der Waals surface area (Å²) in [6.45, 7) is 1.96. The van der Waals surface area contributed by atoms with Crippen LogP contribution in [-0.4, -0.2) is 10.1 Å². The summed E-state index contributed by atoms with van der Waals surface area (Å²) < 4.78 is 10.8. The molecule has 20 heavy (non-hydrogen) atoms. The van der Waals surface area contributed by atoms with Gasteiger partial charge in [-0.15, -0.1) is 0 Å². The molecule has 5 nitrogen and oxygen atoms in total. The molecule has 0 radical (unpaired) electrons. The summed E-state index contributed by atoms with van der Waals surface area (Å²) >= 11 is 0. The molecule has 100 valence electrons. The Bertz CT molecular complexity index is 735. The molecule has 0 unspecified atom stereocenters. The zero-order valence-corrected chi connectivity index (χ0v) is 11.0. The Kier molecular flexibility index (Phi) is 2.39. The topological polar surface area (TPSA) is 64.1 Å². The van der Waals surface area contributed by atoms with Gasteiger partial charge in [-0.1, -0.05) is 23.4 Å². The number of fused-ring (bicyclic) bond motifs is 1. The predicted molar refractivity (Wildman–Crippen MR) is 73.2 cm³/mol. The zero-order valence-electron chi connectivity index (χ0n) is 11.0. The van der Waals surface area contributed by atoms with E-state index in [0.717, 1.165) is 17.7 Å². The third-order valence-corrected chi connectivity index (χ3v) is 3.58. The molecular formula is C15H13N3O2. The third kappa shape index (κ3) is 1.71. The van der Waals surface area contributed by atoms with Crippen LogP contribution in [0.5, 0.6) is 0 Å². The summed E-state index contributed by atoms with van der Waals surface area (Å²) in [4.78, 5) is 4.44. The van der Waals surface area contributed by atoms with Gasteiger partial charge in [0.1, 0.15) is 6.04 Å². The molecule has 0 bridgehead atoms. The van der Waals surface area contributed by atoms with Gasteiger partial charge in [-0.25, -0.2) is 0 Å². The highest BCUT2D eigenvalue weighted by Crippen LogP contribution is 2.34. The normalized spacial score (nSPS) is 16.9. The maximum Gasteiger partial charge on any atom is 0.249 e. The predicted octanol–water partition coefficient (Wildman–Crippen LogP) is 3.35. The Morgan fingerprint density at radius 2 is 2.15 bits per heavy atom. The number of hydrogen-bond donors (Lipinski definition) is 1. The number of aryl methyl sites for hydroxylation is 1. The number of nitrogens with zero attached hydrogens (tertiary/aromatic N) is 2. The molecule has 1 aromatic carbocycles. The second-order valence-electron chi connectivity index (χ2n) is 4.95. The SMILES string of the molecule is Cc1ccoc1-c1noc([C@@H]2Cc3ccccc3N2)n1. The van der Waals surface area contributed by atoms with Crippen LogP contribution < -0.4 is 5.32 Å². The van der Waals surface area contributed by atoms with Crippen molar-refractivity contribution in [2.45, 2.75) is 19.4 Å². The molecule has 0 saturated carbocycles. The summed E-state index contributed by atoms with van der Waals surface area (Å²) in [5.74, 6) is 1.75. The zero-order chi connectivity index (χ0) is 13.5. The van der Waals surface area contributed by atoms with Crippen molar-refractivity contribution in [2.24, 2.45) is 0 Å². The smallest absolute Gasteiger partial charge is 0.249 e. The Morgan fingerprint density at radius 1 is 1.25 bits per heavy atom. The first-order valence-corrected chi connectivity index (χ1v) is 6.54. The van der Waals surface area contributed by atoms with E-state index in [9.17, 15) is 0 Å². The molecule has 5 heteroatoms. The Morgan fingerprint density at radius 3 is 2.95 bits per heavy atom.